The predicted molar refractivity (Wildman–Crippen MR) is 130 cm³/mol. The van der Waals surface area contributed by atoms with Crippen LogP contribution in [0, 0.1) is 0 Å². The maximum atomic E-state index is 6.03. The third kappa shape index (κ3) is 4.23. The van der Waals surface area contributed by atoms with E-state index < -0.39 is 7.26 Å². The Kier molecular flexibility index (Phi) is 8.69. The lowest BCUT2D eigenvalue weighted by molar-refractivity contribution is -0.00000526. The van der Waals surface area contributed by atoms with Crippen molar-refractivity contribution in [2.75, 3.05) is 5.75 Å². The minimum Gasteiger partial charge on any atom is -1.00 e. The number of rotatable bonds is 6. The van der Waals surface area contributed by atoms with Crippen molar-refractivity contribution >= 4 is 51.4 Å². The molecule has 0 fully saturated rings. The van der Waals surface area contributed by atoms with Crippen molar-refractivity contribution in [3.63, 3.8) is 0 Å². The van der Waals surface area contributed by atoms with Crippen LogP contribution in [0.15, 0.2) is 91.0 Å². The molecule has 3 rings (SSSR count). The van der Waals surface area contributed by atoms with Crippen LogP contribution in [0.2, 0.25) is 0 Å². The van der Waals surface area contributed by atoms with Crippen LogP contribution in [0.3, 0.4) is 0 Å². The minimum absolute atomic E-state index is 0. The number of benzene rings is 3. The largest absolute Gasteiger partial charge is 1.00 e. The van der Waals surface area contributed by atoms with Gasteiger partial charge in [-0.2, -0.15) is 0 Å². The fourth-order valence-corrected chi connectivity index (χ4v) is 10.8. The summed E-state index contributed by atoms with van der Waals surface area (Å²) in [4.78, 5) is 0. The number of thiocarbonyl (C=S) groups is 1. The van der Waals surface area contributed by atoms with Gasteiger partial charge in [-0.25, -0.2) is 0 Å². The second-order valence-electron chi connectivity index (χ2n) is 6.96. The van der Waals surface area contributed by atoms with E-state index in [1.165, 1.54) is 15.9 Å². The van der Waals surface area contributed by atoms with Gasteiger partial charge in [0.2, 0.25) is 0 Å². The highest BCUT2D eigenvalue weighted by atomic mass is 127. The fraction of sp³-hybridized carbons (Fsp3) is 0.208. The van der Waals surface area contributed by atoms with E-state index in [0.717, 1.165) is 9.95 Å². The maximum Gasteiger partial charge on any atom is 0.129 e. The van der Waals surface area contributed by atoms with Crippen LogP contribution in [0.4, 0.5) is 0 Å². The second-order valence-corrected chi connectivity index (χ2v) is 12.9. The molecule has 0 bridgehead atoms. The zero-order valence-corrected chi connectivity index (χ0v) is 21.2. The Balaban J connectivity index is 0.00000280. The first kappa shape index (κ1) is 23.5. The van der Waals surface area contributed by atoms with Gasteiger partial charge in [-0.1, -0.05) is 73.7 Å². The van der Waals surface area contributed by atoms with Crippen LogP contribution in [-0.4, -0.2) is 15.1 Å². The maximum absolute atomic E-state index is 6.03. The molecule has 0 unspecified atom stereocenters. The lowest BCUT2D eigenvalue weighted by atomic mass is 10.2. The first-order chi connectivity index (χ1) is 13.0. The molecule has 0 aliphatic heterocycles. The first-order valence-corrected chi connectivity index (χ1v) is 12.5. The Morgan fingerprint density at radius 2 is 1.07 bits per heavy atom. The van der Waals surface area contributed by atoms with Gasteiger partial charge in [0.1, 0.15) is 28.3 Å². The molecule has 0 aliphatic carbocycles. The summed E-state index contributed by atoms with van der Waals surface area (Å²) in [7, 11) is -2.00. The lowest BCUT2D eigenvalue weighted by Gasteiger charge is -2.40. The summed E-state index contributed by atoms with van der Waals surface area (Å²) in [6.07, 6.45) is 0. The van der Waals surface area contributed by atoms with Gasteiger partial charge in [-0.05, 0) is 56.0 Å². The Bertz CT molecular complexity index is 784. The quantitative estimate of drug-likeness (QED) is 0.270. The van der Waals surface area contributed by atoms with Crippen LogP contribution in [0.25, 0.3) is 0 Å². The summed E-state index contributed by atoms with van der Waals surface area (Å²) in [5.74, 6) is 1.00. The molecule has 0 saturated carbocycles. The molecule has 0 aliphatic rings. The highest BCUT2D eigenvalue weighted by Crippen LogP contribution is 2.67. The molecule has 4 heteroatoms. The van der Waals surface area contributed by atoms with E-state index in [1.54, 1.807) is 0 Å². The van der Waals surface area contributed by atoms with Gasteiger partial charge in [0.05, 0.1) is 4.20 Å². The fourth-order valence-electron chi connectivity index (χ4n) is 3.81. The van der Waals surface area contributed by atoms with Crippen molar-refractivity contribution in [1.82, 2.24) is 0 Å². The van der Waals surface area contributed by atoms with Crippen LogP contribution in [0.5, 0.6) is 0 Å². The Hall–Kier alpha value is -0.740. The van der Waals surface area contributed by atoms with E-state index in [-0.39, 0.29) is 29.1 Å². The molecule has 28 heavy (non-hydrogen) atoms. The van der Waals surface area contributed by atoms with E-state index >= 15 is 0 Å². The third-order valence-electron chi connectivity index (χ3n) is 5.04. The number of hydrogen-bond donors (Lipinski definition) is 0. The van der Waals surface area contributed by atoms with Crippen molar-refractivity contribution in [2.24, 2.45) is 0 Å². The zero-order valence-electron chi connectivity index (χ0n) is 16.5. The highest BCUT2D eigenvalue weighted by molar-refractivity contribution is 8.24. The van der Waals surface area contributed by atoms with E-state index in [9.17, 15) is 0 Å². The van der Waals surface area contributed by atoms with Crippen LogP contribution < -0.4 is 39.9 Å². The van der Waals surface area contributed by atoms with Crippen molar-refractivity contribution < 1.29 is 24.0 Å². The van der Waals surface area contributed by atoms with Crippen LogP contribution in [0.1, 0.15) is 20.8 Å². The molecule has 0 heterocycles. The molecule has 0 aromatic heterocycles. The highest BCUT2D eigenvalue weighted by Gasteiger charge is 2.59. The predicted octanol–water partition coefficient (Wildman–Crippen LogP) is 2.84. The van der Waals surface area contributed by atoms with Gasteiger partial charge in [-0.15, -0.1) is 11.8 Å². The molecule has 3 aromatic carbocycles. The first-order valence-electron chi connectivity index (χ1n) is 9.28. The van der Waals surface area contributed by atoms with E-state index in [2.05, 4.69) is 112 Å². The number of thioether (sulfide) groups is 1. The second kappa shape index (κ2) is 10.3. The standard InChI is InChI=1S/C24H26PS2.HI/c1-4-27-23(26)24(2,3)25(20-14-8-5-9-15-20,21-16-10-6-11-17-21)22-18-12-7-13-19-22;/h5-19H,4H2,1-3H3;1H/q+1;/p-1. The normalized spacial score (nSPS) is 11.5. The van der Waals surface area contributed by atoms with Crippen molar-refractivity contribution in [1.29, 1.82) is 0 Å². The smallest absolute Gasteiger partial charge is 0.129 e. The van der Waals surface area contributed by atoms with Gasteiger partial charge in [0.25, 0.3) is 0 Å². The molecule has 0 saturated heterocycles. The van der Waals surface area contributed by atoms with Gasteiger partial charge < -0.3 is 24.0 Å². The molecule has 0 radical (unpaired) electrons. The molecular formula is C24H26IPS2. The topological polar surface area (TPSA) is 0 Å². The van der Waals surface area contributed by atoms with Gasteiger partial charge >= 0.3 is 0 Å². The van der Waals surface area contributed by atoms with Gasteiger partial charge in [-0.3, -0.25) is 0 Å². The Morgan fingerprint density at radius 1 is 0.750 bits per heavy atom. The zero-order chi connectivity index (χ0) is 19.3. The van der Waals surface area contributed by atoms with Gasteiger partial charge in [0.15, 0.2) is 0 Å². The van der Waals surface area contributed by atoms with Crippen LogP contribution >= 0.6 is 31.2 Å². The monoisotopic (exact) mass is 536 g/mol. The molecule has 0 amide bonds. The molecular weight excluding hydrogens is 510 g/mol. The SMILES string of the molecule is CCSC(=S)C(C)(C)[P+](c1ccccc1)(c1ccccc1)c1ccccc1.[I-]. The summed E-state index contributed by atoms with van der Waals surface area (Å²) >= 11 is 7.84. The van der Waals surface area contributed by atoms with Crippen LogP contribution in [-0.2, 0) is 0 Å². The molecule has 146 valence electrons. The Labute approximate surface area is 196 Å². The van der Waals surface area contributed by atoms with Crippen molar-refractivity contribution in [3.05, 3.63) is 91.0 Å². The lowest BCUT2D eigenvalue weighted by Crippen LogP contribution is -3.00. The van der Waals surface area contributed by atoms with E-state index in [4.69, 9.17) is 12.2 Å². The van der Waals surface area contributed by atoms with E-state index in [0.29, 0.717) is 0 Å². The number of halogens is 1. The van der Waals surface area contributed by atoms with Crippen molar-refractivity contribution in [3.8, 4) is 0 Å². The molecule has 3 aromatic rings. The summed E-state index contributed by atoms with van der Waals surface area (Å²) in [6.45, 7) is 6.87. The number of hydrogen-bond acceptors (Lipinski definition) is 2. The summed E-state index contributed by atoms with van der Waals surface area (Å²) in [5.41, 5.74) is 0. The van der Waals surface area contributed by atoms with E-state index in [1.807, 2.05) is 11.8 Å². The molecule has 0 spiro atoms. The average molecular weight is 536 g/mol. The molecule has 0 nitrogen and oxygen atoms in total. The third-order valence-corrected chi connectivity index (χ3v) is 12.4. The van der Waals surface area contributed by atoms with Gasteiger partial charge in [0, 0.05) is 0 Å². The minimum atomic E-state index is -2.00. The summed E-state index contributed by atoms with van der Waals surface area (Å²) in [5, 5.41) is 3.98. The average Bonchev–Trinajstić information content (AvgIpc) is 2.71. The van der Waals surface area contributed by atoms with Crippen molar-refractivity contribution in [2.45, 2.75) is 25.9 Å². The molecule has 0 N–H and O–H groups in total. The summed E-state index contributed by atoms with van der Waals surface area (Å²) in [6, 6.07) is 32.9. The summed E-state index contributed by atoms with van der Waals surface area (Å²) < 4.78 is 1.09. The Morgan fingerprint density at radius 3 is 1.36 bits per heavy atom. The molecule has 0 atom stereocenters.